The lowest BCUT2D eigenvalue weighted by molar-refractivity contribution is 0.218. The maximum Gasteiger partial charge on any atom is 0.114 e. The van der Waals surface area contributed by atoms with Gasteiger partial charge in [-0.15, -0.1) is 0 Å². The minimum Gasteiger partial charge on any atom is -0.380 e. The molecule has 1 atom stereocenters. The average molecular weight is 168 g/mol. The van der Waals surface area contributed by atoms with Crippen LogP contribution in [-0.2, 0) is 0 Å². The summed E-state index contributed by atoms with van der Waals surface area (Å²) in [6.45, 7) is 8.26. The van der Waals surface area contributed by atoms with Crippen molar-refractivity contribution >= 4 is 0 Å². The van der Waals surface area contributed by atoms with Crippen molar-refractivity contribution in [1.82, 2.24) is 0 Å². The molecule has 1 N–H and O–H groups in total. The third-order valence-corrected chi connectivity index (χ3v) is 1.44. The molecular formula is C11H20O. The zero-order chi connectivity index (χ0) is 9.61. The van der Waals surface area contributed by atoms with Crippen molar-refractivity contribution in [2.75, 3.05) is 0 Å². The third-order valence-electron chi connectivity index (χ3n) is 1.44. The van der Waals surface area contributed by atoms with Gasteiger partial charge in [-0.3, -0.25) is 0 Å². The molecule has 0 amide bonds. The van der Waals surface area contributed by atoms with Crippen LogP contribution in [-0.4, -0.2) is 11.2 Å². The molecule has 0 heterocycles. The summed E-state index contributed by atoms with van der Waals surface area (Å²) in [4.78, 5) is 0. The first kappa shape index (κ1) is 11.5. The lowest BCUT2D eigenvalue weighted by Gasteiger charge is -2.08. The van der Waals surface area contributed by atoms with E-state index in [-0.39, 0.29) is 5.41 Å². The van der Waals surface area contributed by atoms with Gasteiger partial charge in [0, 0.05) is 5.41 Å². The maximum atomic E-state index is 9.37. The van der Waals surface area contributed by atoms with E-state index in [1.165, 1.54) is 0 Å². The van der Waals surface area contributed by atoms with Crippen LogP contribution in [0.15, 0.2) is 0 Å². The number of unbranched alkanes of at least 4 members (excludes halogenated alkanes) is 1. The Balaban J connectivity index is 3.79. The van der Waals surface area contributed by atoms with E-state index in [9.17, 15) is 5.11 Å². The summed E-state index contributed by atoms with van der Waals surface area (Å²) in [5.41, 5.74) is 0.00714. The SMILES string of the molecule is CCCCC(O)C#CC(C)(C)C. The molecule has 1 nitrogen and oxygen atoms in total. The van der Waals surface area contributed by atoms with Crippen LogP contribution < -0.4 is 0 Å². The summed E-state index contributed by atoms with van der Waals surface area (Å²) in [7, 11) is 0. The summed E-state index contributed by atoms with van der Waals surface area (Å²) < 4.78 is 0. The van der Waals surface area contributed by atoms with Gasteiger partial charge in [-0.05, 0) is 27.2 Å². The molecule has 0 rings (SSSR count). The predicted octanol–water partition coefficient (Wildman–Crippen LogP) is 2.59. The molecule has 12 heavy (non-hydrogen) atoms. The number of aliphatic hydroxyl groups excluding tert-OH is 1. The van der Waals surface area contributed by atoms with Crippen molar-refractivity contribution in [3.63, 3.8) is 0 Å². The smallest absolute Gasteiger partial charge is 0.114 e. The van der Waals surface area contributed by atoms with Crippen molar-refractivity contribution in [3.05, 3.63) is 0 Å². The first-order valence-electron chi connectivity index (χ1n) is 4.66. The Kier molecular flexibility index (Phi) is 5.01. The van der Waals surface area contributed by atoms with Crippen LogP contribution in [0.4, 0.5) is 0 Å². The highest BCUT2D eigenvalue weighted by atomic mass is 16.3. The van der Waals surface area contributed by atoms with E-state index in [2.05, 4.69) is 18.8 Å². The third kappa shape index (κ3) is 7.63. The zero-order valence-electron chi connectivity index (χ0n) is 8.65. The first-order valence-corrected chi connectivity index (χ1v) is 4.66. The highest BCUT2D eigenvalue weighted by Gasteiger charge is 2.04. The monoisotopic (exact) mass is 168 g/mol. The largest absolute Gasteiger partial charge is 0.380 e. The van der Waals surface area contributed by atoms with Crippen LogP contribution in [0.25, 0.3) is 0 Å². The number of rotatable bonds is 3. The van der Waals surface area contributed by atoms with Crippen molar-refractivity contribution in [1.29, 1.82) is 0 Å². The Bertz CT molecular complexity index is 166. The molecule has 0 spiro atoms. The highest BCUT2D eigenvalue weighted by Crippen LogP contribution is 2.10. The highest BCUT2D eigenvalue weighted by molar-refractivity contribution is 5.10. The molecule has 0 aliphatic heterocycles. The molecule has 1 heteroatoms. The van der Waals surface area contributed by atoms with Gasteiger partial charge in [0.25, 0.3) is 0 Å². The minimum atomic E-state index is -0.427. The molecule has 0 aliphatic carbocycles. The topological polar surface area (TPSA) is 20.2 Å². The molecule has 70 valence electrons. The second-order valence-corrected chi connectivity index (χ2v) is 4.18. The van der Waals surface area contributed by atoms with E-state index in [4.69, 9.17) is 0 Å². The van der Waals surface area contributed by atoms with Gasteiger partial charge in [-0.25, -0.2) is 0 Å². The Morgan fingerprint density at radius 3 is 2.33 bits per heavy atom. The standard InChI is InChI=1S/C11H20O/c1-5-6-7-10(12)8-9-11(2,3)4/h10,12H,5-7H2,1-4H3. The van der Waals surface area contributed by atoms with Crippen LogP contribution in [0.1, 0.15) is 47.0 Å². The Labute approximate surface area is 76.2 Å². The normalized spacial score (nSPS) is 13.4. The van der Waals surface area contributed by atoms with E-state index in [0.717, 1.165) is 19.3 Å². The van der Waals surface area contributed by atoms with Crippen molar-refractivity contribution in [3.8, 4) is 11.8 Å². The molecule has 0 saturated carbocycles. The van der Waals surface area contributed by atoms with E-state index in [0.29, 0.717) is 0 Å². The maximum absolute atomic E-state index is 9.37. The molecular weight excluding hydrogens is 148 g/mol. The van der Waals surface area contributed by atoms with Crippen LogP contribution in [0.2, 0.25) is 0 Å². The molecule has 0 aromatic rings. The molecule has 0 radical (unpaired) electrons. The van der Waals surface area contributed by atoms with Gasteiger partial charge in [0.1, 0.15) is 6.10 Å². The van der Waals surface area contributed by atoms with Crippen LogP contribution >= 0.6 is 0 Å². The van der Waals surface area contributed by atoms with Crippen molar-refractivity contribution in [2.45, 2.75) is 53.1 Å². The van der Waals surface area contributed by atoms with E-state index < -0.39 is 6.10 Å². The van der Waals surface area contributed by atoms with Gasteiger partial charge in [-0.1, -0.05) is 31.6 Å². The van der Waals surface area contributed by atoms with Crippen LogP contribution in [0.5, 0.6) is 0 Å². The summed E-state index contributed by atoms with van der Waals surface area (Å²) >= 11 is 0. The summed E-state index contributed by atoms with van der Waals surface area (Å²) in [5.74, 6) is 5.89. The second-order valence-electron chi connectivity index (χ2n) is 4.18. The second kappa shape index (κ2) is 5.22. The van der Waals surface area contributed by atoms with E-state index in [1.54, 1.807) is 0 Å². The molecule has 0 aliphatic rings. The fourth-order valence-corrected chi connectivity index (χ4v) is 0.769. The Morgan fingerprint density at radius 1 is 1.33 bits per heavy atom. The van der Waals surface area contributed by atoms with Gasteiger partial charge < -0.3 is 5.11 Å². The van der Waals surface area contributed by atoms with Crippen LogP contribution in [0, 0.1) is 17.3 Å². The van der Waals surface area contributed by atoms with Gasteiger partial charge >= 0.3 is 0 Å². The Morgan fingerprint density at radius 2 is 1.92 bits per heavy atom. The van der Waals surface area contributed by atoms with Gasteiger partial charge in [-0.2, -0.15) is 0 Å². The van der Waals surface area contributed by atoms with E-state index in [1.807, 2.05) is 20.8 Å². The van der Waals surface area contributed by atoms with E-state index >= 15 is 0 Å². The number of aliphatic hydroxyl groups is 1. The van der Waals surface area contributed by atoms with Gasteiger partial charge in [0.15, 0.2) is 0 Å². The molecule has 0 aromatic carbocycles. The summed E-state index contributed by atoms with van der Waals surface area (Å²) in [5, 5.41) is 9.37. The Hall–Kier alpha value is -0.480. The zero-order valence-corrected chi connectivity index (χ0v) is 8.65. The molecule has 1 unspecified atom stereocenters. The minimum absolute atomic E-state index is 0.00714. The van der Waals surface area contributed by atoms with Crippen molar-refractivity contribution < 1.29 is 5.11 Å². The number of hydrogen-bond acceptors (Lipinski definition) is 1. The quantitative estimate of drug-likeness (QED) is 0.642. The molecule has 0 aromatic heterocycles. The molecule has 0 bridgehead atoms. The van der Waals surface area contributed by atoms with Crippen molar-refractivity contribution in [2.24, 2.45) is 5.41 Å². The molecule has 0 fully saturated rings. The lowest BCUT2D eigenvalue weighted by Crippen LogP contribution is -2.06. The van der Waals surface area contributed by atoms with Gasteiger partial charge in [0.05, 0.1) is 0 Å². The summed E-state index contributed by atoms with van der Waals surface area (Å²) in [6, 6.07) is 0. The predicted molar refractivity (Wildman–Crippen MR) is 52.8 cm³/mol. The fraction of sp³-hybridized carbons (Fsp3) is 0.818. The first-order chi connectivity index (χ1) is 5.45. The molecule has 0 saturated heterocycles. The number of hydrogen-bond donors (Lipinski definition) is 1. The fourth-order valence-electron chi connectivity index (χ4n) is 0.769. The average Bonchev–Trinajstić information content (AvgIpc) is 1.95. The van der Waals surface area contributed by atoms with Crippen LogP contribution in [0.3, 0.4) is 0 Å². The summed E-state index contributed by atoms with van der Waals surface area (Å²) in [6.07, 6.45) is 2.55. The van der Waals surface area contributed by atoms with Gasteiger partial charge in [0.2, 0.25) is 0 Å². The lowest BCUT2D eigenvalue weighted by atomic mass is 9.97.